The Morgan fingerprint density at radius 3 is 2.54 bits per heavy atom. The standard InChI is InChI=1S/C38H43FN8O3/c1-37(2,45-17-19-46(20-18-45)38(3)24-49-25-38)22-31(41-4)36(48)44-16-8-9-26(23-44)47-32-14-15-42-35(40)33(32)34(43-47)29-13-12-28(21-30(29)39)50-27-10-6-5-7-11-27/h5-7,10-15,21-22,26H,8-9,16-20,23-25H2,1-3H3,(H2,40,42)/b31-22-/t26-/m1/s1. The highest BCUT2D eigenvalue weighted by atomic mass is 19.1. The number of likely N-dealkylation sites (tertiary alicyclic amines) is 1. The van der Waals surface area contributed by atoms with Gasteiger partial charge < -0.3 is 20.1 Å². The van der Waals surface area contributed by atoms with Gasteiger partial charge in [0.15, 0.2) is 0 Å². The molecule has 2 N–H and O–H groups in total. The van der Waals surface area contributed by atoms with Crippen LogP contribution in [0.3, 0.4) is 0 Å². The van der Waals surface area contributed by atoms with Gasteiger partial charge in [-0.1, -0.05) is 24.3 Å². The van der Waals surface area contributed by atoms with Crippen molar-refractivity contribution in [3.63, 3.8) is 0 Å². The molecule has 1 atom stereocenters. The topological polar surface area (TPSA) is 106 Å². The predicted molar refractivity (Wildman–Crippen MR) is 190 cm³/mol. The molecule has 5 heterocycles. The highest BCUT2D eigenvalue weighted by molar-refractivity contribution is 6.00. The number of carbonyl (C=O) groups excluding carboxylic acids is 1. The molecule has 1 amide bonds. The van der Waals surface area contributed by atoms with Crippen LogP contribution >= 0.6 is 0 Å². The maximum Gasteiger partial charge on any atom is 0.252 e. The molecule has 0 radical (unpaired) electrons. The molecule has 4 aromatic rings. The van der Waals surface area contributed by atoms with Gasteiger partial charge in [-0.15, -0.1) is 0 Å². The first-order valence-corrected chi connectivity index (χ1v) is 17.2. The van der Waals surface area contributed by atoms with Gasteiger partial charge in [-0.25, -0.2) is 14.2 Å². The number of hydrogen-bond acceptors (Lipinski definition) is 8. The molecule has 2 aromatic heterocycles. The predicted octanol–water partition coefficient (Wildman–Crippen LogP) is 5.76. The van der Waals surface area contributed by atoms with Crippen LogP contribution in [0.25, 0.3) is 27.0 Å². The molecule has 0 aliphatic carbocycles. The van der Waals surface area contributed by atoms with Crippen molar-refractivity contribution in [1.82, 2.24) is 29.5 Å². The van der Waals surface area contributed by atoms with Crippen LogP contribution in [0.2, 0.25) is 0 Å². The van der Waals surface area contributed by atoms with Crippen molar-refractivity contribution in [2.75, 3.05) is 58.2 Å². The number of hydrogen-bond donors (Lipinski definition) is 1. The molecule has 7 rings (SSSR count). The number of pyridine rings is 1. The fraction of sp³-hybridized carbons (Fsp3) is 0.421. The molecule has 3 fully saturated rings. The first-order valence-electron chi connectivity index (χ1n) is 17.2. The number of ether oxygens (including phenoxy) is 2. The van der Waals surface area contributed by atoms with Crippen molar-refractivity contribution >= 4 is 22.6 Å². The van der Waals surface area contributed by atoms with E-state index in [1.165, 1.54) is 6.07 Å². The number of fused-ring (bicyclic) bond motifs is 1. The number of halogens is 1. The summed E-state index contributed by atoms with van der Waals surface area (Å²) in [7, 11) is 0. The smallest absolute Gasteiger partial charge is 0.252 e. The number of para-hydroxylation sites is 1. The van der Waals surface area contributed by atoms with Gasteiger partial charge in [0.05, 0.1) is 42.3 Å². The molecule has 0 spiro atoms. The van der Waals surface area contributed by atoms with Gasteiger partial charge in [-0.05, 0) is 63.9 Å². The molecule has 11 nitrogen and oxygen atoms in total. The summed E-state index contributed by atoms with van der Waals surface area (Å²) in [5.74, 6) is 0.421. The van der Waals surface area contributed by atoms with Crippen molar-refractivity contribution in [3.8, 4) is 22.8 Å². The summed E-state index contributed by atoms with van der Waals surface area (Å²) >= 11 is 0. The van der Waals surface area contributed by atoms with Crippen molar-refractivity contribution < 1.29 is 18.7 Å². The second kappa shape index (κ2) is 13.5. The van der Waals surface area contributed by atoms with Crippen LogP contribution in [0.5, 0.6) is 11.5 Å². The van der Waals surface area contributed by atoms with E-state index in [-0.39, 0.29) is 34.6 Å². The van der Waals surface area contributed by atoms with E-state index in [2.05, 4.69) is 40.4 Å². The second-order valence-corrected chi connectivity index (χ2v) is 14.2. The summed E-state index contributed by atoms with van der Waals surface area (Å²) in [5.41, 5.74) is 7.49. The number of carbonyl (C=O) groups is 1. The summed E-state index contributed by atoms with van der Waals surface area (Å²) in [4.78, 5) is 28.5. The number of benzene rings is 2. The molecule has 0 saturated carbocycles. The third kappa shape index (κ3) is 6.44. The van der Waals surface area contributed by atoms with Gasteiger partial charge >= 0.3 is 0 Å². The summed E-state index contributed by atoms with van der Waals surface area (Å²) in [6.07, 6.45) is 4.93. The fourth-order valence-electron chi connectivity index (χ4n) is 7.43. The van der Waals surface area contributed by atoms with Crippen LogP contribution in [-0.2, 0) is 9.53 Å². The molecule has 0 unspecified atom stereocenters. The maximum atomic E-state index is 15.7. The van der Waals surface area contributed by atoms with E-state index < -0.39 is 11.4 Å². The number of rotatable bonds is 8. The van der Waals surface area contributed by atoms with Crippen LogP contribution in [-0.4, -0.2) is 98.9 Å². The van der Waals surface area contributed by atoms with E-state index in [1.54, 1.807) is 35.4 Å². The molecule has 3 saturated heterocycles. The third-order valence-corrected chi connectivity index (χ3v) is 10.4. The lowest BCUT2D eigenvalue weighted by Gasteiger charge is -2.52. The van der Waals surface area contributed by atoms with Crippen molar-refractivity contribution in [2.45, 2.75) is 50.7 Å². The number of nitrogens with zero attached hydrogens (tertiary/aromatic N) is 7. The van der Waals surface area contributed by atoms with E-state index in [1.807, 2.05) is 35.0 Å². The van der Waals surface area contributed by atoms with E-state index in [0.29, 0.717) is 41.2 Å². The number of nitrogens with two attached hydrogens (primary N) is 1. The summed E-state index contributed by atoms with van der Waals surface area (Å²) in [5, 5.41) is 5.47. The zero-order chi connectivity index (χ0) is 35.0. The number of amides is 1. The van der Waals surface area contributed by atoms with Gasteiger partial charge in [-0.2, -0.15) is 5.10 Å². The van der Waals surface area contributed by atoms with Crippen LogP contribution in [0.15, 0.2) is 72.6 Å². The van der Waals surface area contributed by atoms with Gasteiger partial charge in [-0.3, -0.25) is 19.3 Å². The van der Waals surface area contributed by atoms with E-state index in [9.17, 15) is 4.79 Å². The molecule has 260 valence electrons. The Hall–Kier alpha value is -4.83. The molecule has 0 bridgehead atoms. The Kier molecular flexibility index (Phi) is 9.07. The van der Waals surface area contributed by atoms with E-state index in [0.717, 1.165) is 52.2 Å². The Morgan fingerprint density at radius 2 is 1.86 bits per heavy atom. The Labute approximate surface area is 291 Å². The zero-order valence-corrected chi connectivity index (χ0v) is 28.8. The van der Waals surface area contributed by atoms with E-state index >= 15 is 4.39 Å². The Balaban J connectivity index is 1.11. The Bertz CT molecular complexity index is 1960. The molecule has 2 aromatic carbocycles. The van der Waals surface area contributed by atoms with Crippen molar-refractivity contribution in [1.29, 1.82) is 0 Å². The van der Waals surface area contributed by atoms with Crippen molar-refractivity contribution in [2.24, 2.45) is 0 Å². The van der Waals surface area contributed by atoms with Crippen molar-refractivity contribution in [3.05, 3.63) is 89.8 Å². The van der Waals surface area contributed by atoms with Gasteiger partial charge in [0.1, 0.15) is 28.8 Å². The number of aromatic nitrogens is 3. The minimum Gasteiger partial charge on any atom is -0.457 e. The Morgan fingerprint density at radius 1 is 1.10 bits per heavy atom. The van der Waals surface area contributed by atoms with Crippen LogP contribution in [0, 0.1) is 12.4 Å². The monoisotopic (exact) mass is 678 g/mol. The maximum absolute atomic E-state index is 15.7. The van der Waals surface area contributed by atoms with Crippen LogP contribution in [0.4, 0.5) is 10.2 Å². The fourth-order valence-corrected chi connectivity index (χ4v) is 7.43. The number of nitrogen functional groups attached to an aromatic ring is 1. The molecule has 3 aliphatic heterocycles. The highest BCUT2D eigenvalue weighted by Crippen LogP contribution is 2.37. The molecule has 3 aliphatic rings. The second-order valence-electron chi connectivity index (χ2n) is 14.2. The minimum absolute atomic E-state index is 0.105. The van der Waals surface area contributed by atoms with Crippen LogP contribution in [0.1, 0.15) is 39.7 Å². The third-order valence-electron chi connectivity index (χ3n) is 10.4. The average molecular weight is 679 g/mol. The number of piperazine rings is 1. The summed E-state index contributed by atoms with van der Waals surface area (Å²) in [6, 6.07) is 15.5. The average Bonchev–Trinajstić information content (AvgIpc) is 3.50. The van der Waals surface area contributed by atoms with Crippen LogP contribution < -0.4 is 10.5 Å². The summed E-state index contributed by atoms with van der Waals surface area (Å²) in [6.45, 7) is 20.3. The van der Waals surface area contributed by atoms with E-state index in [4.69, 9.17) is 26.9 Å². The number of piperidine rings is 1. The lowest BCUT2D eigenvalue weighted by molar-refractivity contribution is -0.142. The lowest BCUT2D eigenvalue weighted by atomic mass is 9.94. The molecule has 12 heteroatoms. The SMILES string of the molecule is [C-]#[N+]/C(=C\C(C)(C)N1CCN(C2(C)COC2)CC1)C(=O)N1CCC[C@@H](n2nc(-c3ccc(Oc4ccccc4)cc3F)c3c(N)nccc32)C1. The van der Waals surface area contributed by atoms with Gasteiger partial charge in [0, 0.05) is 62.6 Å². The minimum atomic E-state index is -0.504. The number of anilines is 1. The largest absolute Gasteiger partial charge is 0.457 e. The van der Waals surface area contributed by atoms with Gasteiger partial charge in [0.25, 0.3) is 5.91 Å². The zero-order valence-electron chi connectivity index (χ0n) is 28.8. The first kappa shape index (κ1) is 33.7. The molecular formula is C38H43FN8O3. The lowest BCUT2D eigenvalue weighted by Crippen LogP contribution is -2.66. The quantitative estimate of drug-likeness (QED) is 0.185. The van der Waals surface area contributed by atoms with Gasteiger partial charge in [0.2, 0.25) is 5.70 Å². The summed E-state index contributed by atoms with van der Waals surface area (Å²) < 4.78 is 28.9. The first-order chi connectivity index (χ1) is 24.1. The molecule has 50 heavy (non-hydrogen) atoms. The highest BCUT2D eigenvalue weighted by Gasteiger charge is 2.42. The molecular weight excluding hydrogens is 635 g/mol. The normalized spacial score (nSPS) is 20.3.